The van der Waals surface area contributed by atoms with Crippen LogP contribution < -0.4 is 26.1 Å². The molecule has 0 radical (unpaired) electrons. The van der Waals surface area contributed by atoms with Gasteiger partial charge in [0.25, 0.3) is 5.91 Å². The SMILES string of the molecule is Cc1ccc(C(=O)Nc2ccc3c(c2)OCO3)c(NN)c1. The Morgan fingerprint density at radius 3 is 2.76 bits per heavy atom. The quantitative estimate of drug-likeness (QED) is 0.595. The second-order valence-electron chi connectivity index (χ2n) is 4.72. The van der Waals surface area contributed by atoms with Crippen LogP contribution in [0.4, 0.5) is 11.4 Å². The summed E-state index contributed by atoms with van der Waals surface area (Å²) in [6, 6.07) is 10.6. The molecule has 0 atom stereocenters. The van der Waals surface area contributed by atoms with Crippen LogP contribution >= 0.6 is 0 Å². The van der Waals surface area contributed by atoms with E-state index in [4.69, 9.17) is 15.3 Å². The lowest BCUT2D eigenvalue weighted by Crippen LogP contribution is -2.17. The highest BCUT2D eigenvalue weighted by Gasteiger charge is 2.16. The molecule has 21 heavy (non-hydrogen) atoms. The summed E-state index contributed by atoms with van der Waals surface area (Å²) in [5.41, 5.74) is 5.24. The lowest BCUT2D eigenvalue weighted by atomic mass is 10.1. The number of nitrogens with two attached hydrogens (primary N) is 1. The van der Waals surface area contributed by atoms with Gasteiger partial charge in [-0.05, 0) is 36.8 Å². The molecular formula is C15H15N3O3. The first kappa shape index (κ1) is 13.3. The van der Waals surface area contributed by atoms with Crippen LogP contribution in [0, 0.1) is 6.92 Å². The Kier molecular flexibility index (Phi) is 3.37. The molecule has 6 nitrogen and oxygen atoms in total. The van der Waals surface area contributed by atoms with Gasteiger partial charge in [-0.3, -0.25) is 10.6 Å². The van der Waals surface area contributed by atoms with E-state index in [0.29, 0.717) is 28.4 Å². The molecule has 0 bridgehead atoms. The highest BCUT2D eigenvalue weighted by atomic mass is 16.7. The Bertz CT molecular complexity index is 701. The Hall–Kier alpha value is -2.73. The molecule has 108 valence electrons. The molecule has 3 rings (SSSR count). The molecule has 0 aromatic heterocycles. The molecule has 0 fully saturated rings. The van der Waals surface area contributed by atoms with Gasteiger partial charge in [0.2, 0.25) is 6.79 Å². The average Bonchev–Trinajstić information content (AvgIpc) is 2.94. The van der Waals surface area contributed by atoms with Gasteiger partial charge in [-0.1, -0.05) is 6.07 Å². The average molecular weight is 285 g/mol. The number of hydrazine groups is 1. The van der Waals surface area contributed by atoms with Gasteiger partial charge in [0.1, 0.15) is 0 Å². The lowest BCUT2D eigenvalue weighted by Gasteiger charge is -2.11. The maximum atomic E-state index is 12.3. The van der Waals surface area contributed by atoms with E-state index in [2.05, 4.69) is 10.7 Å². The fourth-order valence-corrected chi connectivity index (χ4v) is 2.15. The number of rotatable bonds is 3. The van der Waals surface area contributed by atoms with Crippen molar-refractivity contribution in [3.05, 3.63) is 47.5 Å². The topological polar surface area (TPSA) is 85.6 Å². The number of amides is 1. The Balaban J connectivity index is 1.83. The van der Waals surface area contributed by atoms with Gasteiger partial charge < -0.3 is 20.2 Å². The number of nitrogen functional groups attached to an aromatic ring is 1. The van der Waals surface area contributed by atoms with Gasteiger partial charge in [0, 0.05) is 11.8 Å². The minimum absolute atomic E-state index is 0.200. The molecule has 4 N–H and O–H groups in total. The summed E-state index contributed by atoms with van der Waals surface area (Å²) >= 11 is 0. The first-order chi connectivity index (χ1) is 10.2. The zero-order valence-corrected chi connectivity index (χ0v) is 11.5. The number of ether oxygens (including phenoxy) is 2. The van der Waals surface area contributed by atoms with Crippen molar-refractivity contribution >= 4 is 17.3 Å². The second kappa shape index (κ2) is 5.34. The van der Waals surface area contributed by atoms with Gasteiger partial charge in [0.15, 0.2) is 11.5 Å². The van der Waals surface area contributed by atoms with Crippen LogP contribution in [-0.4, -0.2) is 12.7 Å². The van der Waals surface area contributed by atoms with E-state index in [9.17, 15) is 4.79 Å². The molecule has 6 heteroatoms. The second-order valence-corrected chi connectivity index (χ2v) is 4.72. The summed E-state index contributed by atoms with van der Waals surface area (Å²) in [6.07, 6.45) is 0. The molecule has 1 heterocycles. The molecule has 0 saturated heterocycles. The molecule has 1 amide bonds. The van der Waals surface area contributed by atoms with Crippen LogP contribution in [0.25, 0.3) is 0 Å². The van der Waals surface area contributed by atoms with E-state index in [1.165, 1.54) is 0 Å². The highest BCUT2D eigenvalue weighted by molar-refractivity contribution is 6.08. The zero-order valence-electron chi connectivity index (χ0n) is 11.5. The summed E-state index contributed by atoms with van der Waals surface area (Å²) in [5, 5.41) is 2.81. The van der Waals surface area contributed by atoms with Crippen molar-refractivity contribution in [3.8, 4) is 11.5 Å². The molecule has 2 aromatic rings. The first-order valence-electron chi connectivity index (χ1n) is 6.45. The van der Waals surface area contributed by atoms with Crippen LogP contribution in [0.15, 0.2) is 36.4 Å². The van der Waals surface area contributed by atoms with Crippen molar-refractivity contribution < 1.29 is 14.3 Å². The smallest absolute Gasteiger partial charge is 0.257 e. The van der Waals surface area contributed by atoms with E-state index in [-0.39, 0.29) is 12.7 Å². The molecule has 0 unspecified atom stereocenters. The van der Waals surface area contributed by atoms with E-state index in [1.54, 1.807) is 24.3 Å². The monoisotopic (exact) mass is 285 g/mol. The van der Waals surface area contributed by atoms with Crippen LogP contribution in [-0.2, 0) is 0 Å². The van der Waals surface area contributed by atoms with E-state index in [1.807, 2.05) is 19.1 Å². The van der Waals surface area contributed by atoms with Crippen LogP contribution in [0.1, 0.15) is 15.9 Å². The summed E-state index contributed by atoms with van der Waals surface area (Å²) in [6.45, 7) is 2.13. The number of carbonyl (C=O) groups is 1. The Morgan fingerprint density at radius 2 is 1.95 bits per heavy atom. The summed E-state index contributed by atoms with van der Waals surface area (Å²) < 4.78 is 10.5. The third kappa shape index (κ3) is 2.61. The number of benzene rings is 2. The number of fused-ring (bicyclic) bond motifs is 1. The fraction of sp³-hybridized carbons (Fsp3) is 0.133. The highest BCUT2D eigenvalue weighted by Crippen LogP contribution is 2.34. The molecule has 2 aromatic carbocycles. The van der Waals surface area contributed by atoms with Crippen molar-refractivity contribution in [2.45, 2.75) is 6.92 Å². The molecule has 0 saturated carbocycles. The van der Waals surface area contributed by atoms with Crippen LogP contribution in [0.3, 0.4) is 0 Å². The molecule has 1 aliphatic heterocycles. The zero-order chi connectivity index (χ0) is 14.8. The maximum absolute atomic E-state index is 12.3. The van der Waals surface area contributed by atoms with Crippen molar-refractivity contribution in [1.29, 1.82) is 0 Å². The maximum Gasteiger partial charge on any atom is 0.257 e. The van der Waals surface area contributed by atoms with Crippen molar-refractivity contribution in [3.63, 3.8) is 0 Å². The Labute approximate surface area is 121 Å². The number of anilines is 2. The standard InChI is InChI=1S/C15H15N3O3/c1-9-2-4-11(12(6-9)18-16)15(19)17-10-3-5-13-14(7-10)21-8-20-13/h2-7,18H,8,16H2,1H3,(H,17,19). The third-order valence-electron chi connectivity index (χ3n) is 3.21. The normalized spacial score (nSPS) is 12.1. The predicted octanol–water partition coefficient (Wildman–Crippen LogP) is 2.26. The first-order valence-corrected chi connectivity index (χ1v) is 6.45. The van der Waals surface area contributed by atoms with Crippen LogP contribution in [0.2, 0.25) is 0 Å². The van der Waals surface area contributed by atoms with Gasteiger partial charge in [-0.15, -0.1) is 0 Å². The molecule has 0 aliphatic carbocycles. The minimum Gasteiger partial charge on any atom is -0.454 e. The molecule has 1 aliphatic rings. The van der Waals surface area contributed by atoms with Crippen molar-refractivity contribution in [1.82, 2.24) is 0 Å². The summed E-state index contributed by atoms with van der Waals surface area (Å²) in [7, 11) is 0. The number of nitrogens with one attached hydrogen (secondary N) is 2. The van der Waals surface area contributed by atoms with E-state index in [0.717, 1.165) is 5.56 Å². The van der Waals surface area contributed by atoms with Crippen molar-refractivity contribution in [2.24, 2.45) is 5.84 Å². The van der Waals surface area contributed by atoms with Gasteiger partial charge >= 0.3 is 0 Å². The largest absolute Gasteiger partial charge is 0.454 e. The molecule has 0 spiro atoms. The predicted molar refractivity (Wildman–Crippen MR) is 79.5 cm³/mol. The fourth-order valence-electron chi connectivity index (χ4n) is 2.15. The number of hydrogen-bond donors (Lipinski definition) is 3. The Morgan fingerprint density at radius 1 is 1.14 bits per heavy atom. The number of hydrogen-bond acceptors (Lipinski definition) is 5. The molecular weight excluding hydrogens is 270 g/mol. The number of carbonyl (C=O) groups excluding carboxylic acids is 1. The van der Waals surface area contributed by atoms with E-state index < -0.39 is 0 Å². The lowest BCUT2D eigenvalue weighted by molar-refractivity contribution is 0.102. The van der Waals surface area contributed by atoms with E-state index >= 15 is 0 Å². The minimum atomic E-state index is -0.248. The van der Waals surface area contributed by atoms with Crippen LogP contribution in [0.5, 0.6) is 11.5 Å². The van der Waals surface area contributed by atoms with Gasteiger partial charge in [-0.25, -0.2) is 0 Å². The summed E-state index contributed by atoms with van der Waals surface area (Å²) in [4.78, 5) is 12.3. The van der Waals surface area contributed by atoms with Crippen molar-refractivity contribution in [2.75, 3.05) is 17.5 Å². The number of aryl methyl sites for hydroxylation is 1. The van der Waals surface area contributed by atoms with Gasteiger partial charge in [0.05, 0.1) is 11.3 Å². The van der Waals surface area contributed by atoms with Gasteiger partial charge in [-0.2, -0.15) is 0 Å². The third-order valence-corrected chi connectivity index (χ3v) is 3.21. The summed E-state index contributed by atoms with van der Waals surface area (Å²) in [5.74, 6) is 6.50.